The number of anilines is 1. The van der Waals surface area contributed by atoms with E-state index in [1.165, 1.54) is 0 Å². The summed E-state index contributed by atoms with van der Waals surface area (Å²) in [4.78, 5) is 24.1. The second kappa shape index (κ2) is 7.98. The first-order valence-corrected chi connectivity index (χ1v) is 7.50. The Labute approximate surface area is 135 Å². The van der Waals surface area contributed by atoms with Crippen LogP contribution in [0.15, 0.2) is 54.6 Å². The third-order valence-corrected chi connectivity index (χ3v) is 3.32. The van der Waals surface area contributed by atoms with E-state index in [1.807, 2.05) is 37.3 Å². The molecule has 0 saturated carbocycles. The molecule has 0 aliphatic heterocycles. The van der Waals surface area contributed by atoms with Crippen LogP contribution in [0.4, 0.5) is 10.5 Å². The van der Waals surface area contributed by atoms with Crippen LogP contribution in [0.3, 0.4) is 0 Å². The van der Waals surface area contributed by atoms with Crippen molar-refractivity contribution in [2.75, 3.05) is 11.9 Å². The fourth-order valence-electron chi connectivity index (χ4n) is 2.16. The van der Waals surface area contributed by atoms with Gasteiger partial charge in [0.15, 0.2) is 0 Å². The number of benzene rings is 2. The number of urea groups is 1. The van der Waals surface area contributed by atoms with Gasteiger partial charge in [-0.05, 0) is 31.5 Å². The van der Waals surface area contributed by atoms with Crippen molar-refractivity contribution in [1.29, 1.82) is 0 Å². The highest BCUT2D eigenvalue weighted by Gasteiger charge is 2.15. The zero-order valence-corrected chi connectivity index (χ0v) is 13.2. The molecule has 0 heterocycles. The Hall–Kier alpha value is -2.82. The number of amides is 2. The normalized spacial score (nSPS) is 11.4. The lowest BCUT2D eigenvalue weighted by Crippen LogP contribution is -2.31. The summed E-state index contributed by atoms with van der Waals surface area (Å²) in [5.74, 6) is -0.459. The van der Waals surface area contributed by atoms with E-state index in [4.69, 9.17) is 4.74 Å². The number of nitrogens with one attached hydrogen (secondary N) is 2. The molecule has 5 heteroatoms. The molecular weight excluding hydrogens is 292 g/mol. The minimum Gasteiger partial charge on any atom is -0.462 e. The third kappa shape index (κ3) is 4.57. The summed E-state index contributed by atoms with van der Waals surface area (Å²) in [6, 6.07) is 15.9. The molecule has 0 radical (unpaired) electrons. The number of rotatable bonds is 5. The van der Waals surface area contributed by atoms with Crippen molar-refractivity contribution in [3.05, 3.63) is 65.7 Å². The van der Waals surface area contributed by atoms with E-state index in [1.54, 1.807) is 31.2 Å². The van der Waals surface area contributed by atoms with E-state index in [0.29, 0.717) is 11.3 Å². The first kappa shape index (κ1) is 16.5. The van der Waals surface area contributed by atoms with Crippen molar-refractivity contribution < 1.29 is 14.3 Å². The van der Waals surface area contributed by atoms with Gasteiger partial charge in [-0.2, -0.15) is 0 Å². The first-order chi connectivity index (χ1) is 11.1. The highest BCUT2D eigenvalue weighted by Crippen LogP contribution is 2.17. The van der Waals surface area contributed by atoms with Gasteiger partial charge in [0.1, 0.15) is 0 Å². The molecule has 0 aliphatic carbocycles. The lowest BCUT2D eigenvalue weighted by atomic mass is 10.1. The average Bonchev–Trinajstić information content (AvgIpc) is 2.56. The van der Waals surface area contributed by atoms with Crippen LogP contribution in [0.25, 0.3) is 0 Å². The molecule has 0 bridgehead atoms. The molecular formula is C18H20N2O3. The van der Waals surface area contributed by atoms with Crippen molar-refractivity contribution in [3.8, 4) is 0 Å². The zero-order chi connectivity index (χ0) is 16.7. The lowest BCUT2D eigenvalue weighted by molar-refractivity contribution is 0.0527. The number of para-hydroxylation sites is 1. The molecule has 2 aromatic rings. The van der Waals surface area contributed by atoms with E-state index in [0.717, 1.165) is 5.56 Å². The largest absolute Gasteiger partial charge is 0.462 e. The smallest absolute Gasteiger partial charge is 0.340 e. The number of carbonyl (C=O) groups is 2. The summed E-state index contributed by atoms with van der Waals surface area (Å²) >= 11 is 0. The molecule has 0 aromatic heterocycles. The first-order valence-electron chi connectivity index (χ1n) is 7.50. The van der Waals surface area contributed by atoms with Crippen LogP contribution in [0.2, 0.25) is 0 Å². The third-order valence-electron chi connectivity index (χ3n) is 3.32. The van der Waals surface area contributed by atoms with Crippen molar-refractivity contribution >= 4 is 17.7 Å². The van der Waals surface area contributed by atoms with Gasteiger partial charge in [-0.15, -0.1) is 0 Å². The molecule has 0 saturated heterocycles. The minimum atomic E-state index is -0.459. The van der Waals surface area contributed by atoms with E-state index in [9.17, 15) is 9.59 Å². The van der Waals surface area contributed by atoms with Crippen molar-refractivity contribution in [3.63, 3.8) is 0 Å². The summed E-state index contributed by atoms with van der Waals surface area (Å²) in [5, 5.41) is 5.54. The van der Waals surface area contributed by atoms with Gasteiger partial charge < -0.3 is 15.4 Å². The summed E-state index contributed by atoms with van der Waals surface area (Å²) in [5.41, 5.74) is 1.75. The van der Waals surface area contributed by atoms with Crippen molar-refractivity contribution in [2.24, 2.45) is 0 Å². The molecule has 2 rings (SSSR count). The summed E-state index contributed by atoms with van der Waals surface area (Å²) in [7, 11) is 0. The Morgan fingerprint density at radius 3 is 2.39 bits per heavy atom. The highest BCUT2D eigenvalue weighted by molar-refractivity contribution is 6.00. The molecule has 2 amide bonds. The maximum Gasteiger partial charge on any atom is 0.340 e. The molecule has 120 valence electrons. The average molecular weight is 312 g/mol. The van der Waals surface area contributed by atoms with E-state index < -0.39 is 5.97 Å². The predicted octanol–water partition coefficient (Wildman–Crippen LogP) is 3.75. The number of hydrogen-bond donors (Lipinski definition) is 2. The summed E-state index contributed by atoms with van der Waals surface area (Å²) in [6.45, 7) is 3.92. The van der Waals surface area contributed by atoms with Crippen LogP contribution in [0.5, 0.6) is 0 Å². The van der Waals surface area contributed by atoms with Gasteiger partial charge in [0.05, 0.1) is 23.9 Å². The monoisotopic (exact) mass is 312 g/mol. The Balaban J connectivity index is 2.04. The second-order valence-electron chi connectivity index (χ2n) is 5.00. The van der Waals surface area contributed by atoms with Crippen LogP contribution < -0.4 is 10.6 Å². The Morgan fingerprint density at radius 1 is 1.04 bits per heavy atom. The SMILES string of the molecule is CCOC(=O)c1ccccc1NC(=O)N[C@@H](C)c1ccccc1. The number of carbonyl (C=O) groups excluding carboxylic acids is 2. The molecule has 0 fully saturated rings. The van der Waals surface area contributed by atoms with Crippen LogP contribution in [-0.2, 0) is 4.74 Å². The lowest BCUT2D eigenvalue weighted by Gasteiger charge is -2.16. The van der Waals surface area contributed by atoms with Gasteiger partial charge in [0.25, 0.3) is 0 Å². The quantitative estimate of drug-likeness (QED) is 0.826. The van der Waals surface area contributed by atoms with Gasteiger partial charge in [0.2, 0.25) is 0 Å². The topological polar surface area (TPSA) is 67.4 Å². The molecule has 23 heavy (non-hydrogen) atoms. The van der Waals surface area contributed by atoms with Crippen LogP contribution in [0, 0.1) is 0 Å². The van der Waals surface area contributed by atoms with Gasteiger partial charge in [-0.1, -0.05) is 42.5 Å². The molecule has 5 nitrogen and oxygen atoms in total. The molecule has 0 unspecified atom stereocenters. The number of esters is 1. The highest BCUT2D eigenvalue weighted by atomic mass is 16.5. The van der Waals surface area contributed by atoms with Gasteiger partial charge >= 0.3 is 12.0 Å². The maximum atomic E-state index is 12.2. The van der Waals surface area contributed by atoms with E-state index in [-0.39, 0.29) is 18.7 Å². The molecule has 1 atom stereocenters. The molecule has 2 aromatic carbocycles. The summed E-state index contributed by atoms with van der Waals surface area (Å²) < 4.78 is 4.99. The maximum absolute atomic E-state index is 12.2. The van der Waals surface area contributed by atoms with Crippen LogP contribution >= 0.6 is 0 Å². The van der Waals surface area contributed by atoms with E-state index in [2.05, 4.69) is 10.6 Å². The Kier molecular flexibility index (Phi) is 5.74. The molecule has 0 aliphatic rings. The standard InChI is InChI=1S/C18H20N2O3/c1-3-23-17(21)15-11-7-8-12-16(15)20-18(22)19-13(2)14-9-5-4-6-10-14/h4-13H,3H2,1-2H3,(H2,19,20,22)/t13-/m0/s1. The minimum absolute atomic E-state index is 0.147. The van der Waals surface area contributed by atoms with Crippen molar-refractivity contribution in [2.45, 2.75) is 19.9 Å². The van der Waals surface area contributed by atoms with Crippen LogP contribution in [0.1, 0.15) is 35.8 Å². The predicted molar refractivity (Wildman–Crippen MR) is 89.4 cm³/mol. The zero-order valence-electron chi connectivity index (χ0n) is 13.2. The molecule has 2 N–H and O–H groups in total. The fraction of sp³-hybridized carbons (Fsp3) is 0.222. The van der Waals surface area contributed by atoms with Crippen molar-refractivity contribution in [1.82, 2.24) is 5.32 Å². The summed E-state index contributed by atoms with van der Waals surface area (Å²) in [6.07, 6.45) is 0. The van der Waals surface area contributed by atoms with Gasteiger partial charge in [-0.25, -0.2) is 9.59 Å². The van der Waals surface area contributed by atoms with E-state index >= 15 is 0 Å². The van der Waals surface area contributed by atoms with Crippen LogP contribution in [-0.4, -0.2) is 18.6 Å². The second-order valence-corrected chi connectivity index (χ2v) is 5.00. The molecule has 0 spiro atoms. The van der Waals surface area contributed by atoms with Gasteiger partial charge in [0, 0.05) is 0 Å². The number of ether oxygens (including phenoxy) is 1. The number of hydrogen-bond acceptors (Lipinski definition) is 3. The Morgan fingerprint density at radius 2 is 1.70 bits per heavy atom. The van der Waals surface area contributed by atoms with Gasteiger partial charge in [-0.3, -0.25) is 0 Å². The Bertz CT molecular complexity index is 671. The fourth-order valence-corrected chi connectivity index (χ4v) is 2.16.